The molecule has 8 heteroatoms. The fourth-order valence-electron chi connectivity index (χ4n) is 3.94. The summed E-state index contributed by atoms with van der Waals surface area (Å²) in [6.07, 6.45) is 4.87. The third kappa shape index (κ3) is 2.31. The summed E-state index contributed by atoms with van der Waals surface area (Å²) in [6, 6.07) is 8.63. The van der Waals surface area contributed by atoms with Crippen molar-refractivity contribution in [1.82, 2.24) is 4.57 Å². The molecule has 1 aromatic carbocycles. The Bertz CT molecular complexity index is 1260. The molecule has 0 aliphatic carbocycles. The van der Waals surface area contributed by atoms with Crippen LogP contribution in [0.15, 0.2) is 57.1 Å². The normalized spacial score (nSPS) is 25.3. The van der Waals surface area contributed by atoms with Gasteiger partial charge in [0.1, 0.15) is 11.7 Å². The van der Waals surface area contributed by atoms with Crippen LogP contribution in [0.3, 0.4) is 0 Å². The molecule has 2 aliphatic rings. The van der Waals surface area contributed by atoms with E-state index in [4.69, 9.17) is 13.9 Å². The zero-order chi connectivity index (χ0) is 19.5. The Morgan fingerprint density at radius 1 is 1.36 bits per heavy atom. The summed E-state index contributed by atoms with van der Waals surface area (Å²) in [5.74, 6) is -0.619. The van der Waals surface area contributed by atoms with Gasteiger partial charge in [0, 0.05) is 11.1 Å². The number of nitrogens with zero attached hydrogens (tertiary/aromatic N) is 2. The SMILES string of the molecule is COC(=O)C1C2c3ccccc3OC1(C)N=c1s/c(=C\c3ccoc3)c(=O)n12. The number of hydrogen-bond donors (Lipinski definition) is 0. The van der Waals surface area contributed by atoms with E-state index in [1.54, 1.807) is 36.2 Å². The number of para-hydroxylation sites is 1. The van der Waals surface area contributed by atoms with Crippen molar-refractivity contribution in [2.24, 2.45) is 10.9 Å². The first-order valence-electron chi connectivity index (χ1n) is 8.73. The van der Waals surface area contributed by atoms with Gasteiger partial charge in [-0.05, 0) is 25.1 Å². The molecule has 2 aliphatic heterocycles. The number of hydrogen-bond acceptors (Lipinski definition) is 7. The number of methoxy groups -OCH3 is 1. The summed E-state index contributed by atoms with van der Waals surface area (Å²) >= 11 is 1.27. The number of ether oxygens (including phenoxy) is 2. The van der Waals surface area contributed by atoms with Crippen molar-refractivity contribution in [2.45, 2.75) is 18.7 Å². The summed E-state index contributed by atoms with van der Waals surface area (Å²) in [5.41, 5.74) is 0.187. The molecule has 5 rings (SSSR count). The molecule has 4 heterocycles. The quantitative estimate of drug-likeness (QED) is 0.613. The number of rotatable bonds is 2. The van der Waals surface area contributed by atoms with Crippen LogP contribution in [-0.2, 0) is 9.53 Å². The molecule has 0 amide bonds. The van der Waals surface area contributed by atoms with Crippen LogP contribution < -0.4 is 19.6 Å². The van der Waals surface area contributed by atoms with Gasteiger partial charge in [-0.15, -0.1) is 0 Å². The number of carbonyl (C=O) groups excluding carboxylic acids is 1. The second-order valence-electron chi connectivity index (χ2n) is 6.88. The standard InChI is InChI=1S/C20H16N2O5S/c1-20-15(18(24)25-2)16(12-5-3-4-6-13(12)27-20)22-17(23)14(28-19(22)21-20)9-11-7-8-26-10-11/h3-10,15-16H,1-2H3/b14-9-. The van der Waals surface area contributed by atoms with E-state index < -0.39 is 23.7 Å². The minimum atomic E-state index is -1.16. The lowest BCUT2D eigenvalue weighted by atomic mass is 9.81. The first-order valence-corrected chi connectivity index (χ1v) is 9.54. The number of aromatic nitrogens is 1. The van der Waals surface area contributed by atoms with Crippen LogP contribution in [0.25, 0.3) is 6.08 Å². The van der Waals surface area contributed by atoms with E-state index in [-0.39, 0.29) is 5.56 Å². The van der Waals surface area contributed by atoms with Crippen LogP contribution in [0.5, 0.6) is 5.75 Å². The zero-order valence-corrected chi connectivity index (χ0v) is 15.9. The molecule has 142 valence electrons. The monoisotopic (exact) mass is 396 g/mol. The van der Waals surface area contributed by atoms with Crippen LogP contribution >= 0.6 is 11.3 Å². The Kier molecular flexibility index (Phi) is 3.60. The molecule has 7 nitrogen and oxygen atoms in total. The van der Waals surface area contributed by atoms with E-state index in [2.05, 4.69) is 4.99 Å². The lowest BCUT2D eigenvalue weighted by Gasteiger charge is -2.44. The molecule has 0 radical (unpaired) electrons. The van der Waals surface area contributed by atoms with Crippen molar-refractivity contribution in [3.8, 4) is 5.75 Å². The fourth-order valence-corrected chi connectivity index (χ4v) is 5.04. The summed E-state index contributed by atoms with van der Waals surface area (Å²) in [7, 11) is 1.33. The van der Waals surface area contributed by atoms with Crippen LogP contribution in [0, 0.1) is 5.92 Å². The Labute approximate surface area is 163 Å². The molecule has 28 heavy (non-hydrogen) atoms. The third-order valence-electron chi connectivity index (χ3n) is 5.18. The predicted molar refractivity (Wildman–Crippen MR) is 101 cm³/mol. The van der Waals surface area contributed by atoms with E-state index >= 15 is 0 Å². The molecular formula is C20H16N2O5S. The van der Waals surface area contributed by atoms with Gasteiger partial charge >= 0.3 is 5.97 Å². The number of esters is 1. The zero-order valence-electron chi connectivity index (χ0n) is 15.1. The molecule has 2 bridgehead atoms. The van der Waals surface area contributed by atoms with Crippen molar-refractivity contribution in [1.29, 1.82) is 0 Å². The average Bonchev–Trinajstić information content (AvgIpc) is 3.28. The van der Waals surface area contributed by atoms with Crippen molar-refractivity contribution >= 4 is 23.4 Å². The molecule has 0 N–H and O–H groups in total. The van der Waals surface area contributed by atoms with Gasteiger partial charge in [0.25, 0.3) is 5.56 Å². The van der Waals surface area contributed by atoms with Crippen LogP contribution in [-0.4, -0.2) is 23.4 Å². The number of carbonyl (C=O) groups is 1. The molecule has 0 fully saturated rings. The van der Waals surface area contributed by atoms with E-state index in [0.29, 0.717) is 15.1 Å². The summed E-state index contributed by atoms with van der Waals surface area (Å²) in [6.45, 7) is 1.75. The maximum Gasteiger partial charge on any atom is 0.317 e. The fraction of sp³-hybridized carbons (Fsp3) is 0.250. The Morgan fingerprint density at radius 2 is 2.18 bits per heavy atom. The predicted octanol–water partition coefficient (Wildman–Crippen LogP) is 1.45. The van der Waals surface area contributed by atoms with Crippen LogP contribution in [0.1, 0.15) is 24.1 Å². The highest BCUT2D eigenvalue weighted by molar-refractivity contribution is 7.07. The Hall–Kier alpha value is -3.13. The lowest BCUT2D eigenvalue weighted by molar-refractivity contribution is -0.158. The molecule has 3 unspecified atom stereocenters. The van der Waals surface area contributed by atoms with Crippen molar-refractivity contribution < 1.29 is 18.7 Å². The summed E-state index contributed by atoms with van der Waals surface area (Å²) < 4.78 is 18.4. The molecule has 3 aromatic rings. The highest BCUT2D eigenvalue weighted by Crippen LogP contribution is 2.47. The second kappa shape index (κ2) is 5.93. The first kappa shape index (κ1) is 17.0. The molecular weight excluding hydrogens is 380 g/mol. The average molecular weight is 396 g/mol. The smallest absolute Gasteiger partial charge is 0.317 e. The van der Waals surface area contributed by atoms with Gasteiger partial charge in [-0.25, -0.2) is 4.99 Å². The van der Waals surface area contributed by atoms with E-state index in [0.717, 1.165) is 11.1 Å². The minimum absolute atomic E-state index is 0.206. The minimum Gasteiger partial charge on any atom is -0.472 e. The third-order valence-corrected chi connectivity index (χ3v) is 6.16. The van der Waals surface area contributed by atoms with Crippen molar-refractivity contribution in [2.75, 3.05) is 7.11 Å². The number of thiazole rings is 1. The second-order valence-corrected chi connectivity index (χ2v) is 7.89. The molecule has 3 atom stereocenters. The number of benzene rings is 1. The maximum atomic E-state index is 13.3. The molecule has 0 spiro atoms. The highest BCUT2D eigenvalue weighted by atomic mass is 32.1. The summed E-state index contributed by atoms with van der Waals surface area (Å²) in [4.78, 5) is 31.1. The highest BCUT2D eigenvalue weighted by Gasteiger charge is 2.55. The Morgan fingerprint density at radius 3 is 2.93 bits per heavy atom. The van der Waals surface area contributed by atoms with Gasteiger partial charge in [0.2, 0.25) is 5.72 Å². The van der Waals surface area contributed by atoms with Crippen LogP contribution in [0.2, 0.25) is 0 Å². The molecule has 0 saturated heterocycles. The van der Waals surface area contributed by atoms with Gasteiger partial charge in [-0.1, -0.05) is 29.5 Å². The first-order chi connectivity index (χ1) is 13.5. The van der Waals surface area contributed by atoms with E-state index in [9.17, 15) is 9.59 Å². The van der Waals surface area contributed by atoms with Gasteiger partial charge < -0.3 is 13.9 Å². The molecule has 2 aromatic heterocycles. The van der Waals surface area contributed by atoms with Gasteiger partial charge in [0.05, 0.1) is 30.2 Å². The van der Waals surface area contributed by atoms with Gasteiger partial charge in [0.15, 0.2) is 4.80 Å². The summed E-state index contributed by atoms with van der Waals surface area (Å²) in [5, 5.41) is 0. The van der Waals surface area contributed by atoms with Crippen molar-refractivity contribution in [3.63, 3.8) is 0 Å². The molecule has 0 saturated carbocycles. The number of furan rings is 1. The van der Waals surface area contributed by atoms with Crippen molar-refractivity contribution in [3.05, 3.63) is 73.7 Å². The topological polar surface area (TPSA) is 83.0 Å². The van der Waals surface area contributed by atoms with E-state index in [1.807, 2.05) is 24.3 Å². The van der Waals surface area contributed by atoms with Crippen LogP contribution in [0.4, 0.5) is 0 Å². The lowest BCUT2D eigenvalue weighted by Crippen LogP contribution is -2.58. The van der Waals surface area contributed by atoms with E-state index in [1.165, 1.54) is 18.4 Å². The largest absolute Gasteiger partial charge is 0.472 e. The van der Waals surface area contributed by atoms with Gasteiger partial charge in [-0.2, -0.15) is 0 Å². The number of fused-ring (bicyclic) bond motifs is 6. The Balaban J connectivity index is 1.83. The maximum absolute atomic E-state index is 13.3. The van der Waals surface area contributed by atoms with Gasteiger partial charge in [-0.3, -0.25) is 14.2 Å².